The highest BCUT2D eigenvalue weighted by atomic mass is 16.5. The molecular formula is C18H27N3O2. The minimum atomic E-state index is -0.115. The molecule has 0 bridgehead atoms. The van der Waals surface area contributed by atoms with E-state index in [0.29, 0.717) is 6.42 Å². The second-order valence-electron chi connectivity index (χ2n) is 5.74. The van der Waals surface area contributed by atoms with E-state index in [1.807, 2.05) is 7.05 Å². The molecule has 0 saturated heterocycles. The summed E-state index contributed by atoms with van der Waals surface area (Å²) in [5, 5.41) is 3.45. The molecule has 0 amide bonds. The monoisotopic (exact) mass is 317 g/mol. The summed E-state index contributed by atoms with van der Waals surface area (Å²) in [7, 11) is 3.27. The first-order valence-electron chi connectivity index (χ1n) is 8.39. The predicted molar refractivity (Wildman–Crippen MR) is 94.0 cm³/mol. The lowest BCUT2D eigenvalue weighted by molar-refractivity contribution is -0.140. The molecule has 2 rings (SSSR count). The molecule has 1 aromatic carbocycles. The summed E-state index contributed by atoms with van der Waals surface area (Å²) in [6, 6.07) is 8.50. The van der Waals surface area contributed by atoms with E-state index >= 15 is 0 Å². The van der Waals surface area contributed by atoms with Gasteiger partial charge in [-0.2, -0.15) is 0 Å². The molecule has 1 aromatic rings. The fourth-order valence-electron chi connectivity index (χ4n) is 2.90. The zero-order chi connectivity index (χ0) is 16.5. The number of carbonyl (C=O) groups is 1. The van der Waals surface area contributed by atoms with Gasteiger partial charge in [0.25, 0.3) is 0 Å². The first-order chi connectivity index (χ1) is 11.3. The van der Waals surface area contributed by atoms with Crippen LogP contribution in [-0.4, -0.2) is 39.2 Å². The molecule has 0 aliphatic carbocycles. The van der Waals surface area contributed by atoms with Crippen molar-refractivity contribution in [2.75, 3.05) is 32.1 Å². The third-order valence-electron chi connectivity index (χ3n) is 4.17. The summed E-state index contributed by atoms with van der Waals surface area (Å²) in [6.45, 7) is 1.89. The lowest BCUT2D eigenvalue weighted by Crippen LogP contribution is -2.40. The minimum Gasteiger partial charge on any atom is -0.469 e. The standard InChI is InChI=1S/C18H27N3O2/c1-19-18(20-13-8-4-3-5-11-17(22)23-2)21-14-12-15-9-6-7-10-16(15)21/h6-7,9-10H,3-5,8,11-14H2,1-2H3,(H,19,20). The highest BCUT2D eigenvalue weighted by Crippen LogP contribution is 2.27. The number of guanidine groups is 1. The number of esters is 1. The average Bonchev–Trinajstić information content (AvgIpc) is 3.01. The Morgan fingerprint density at radius 3 is 2.83 bits per heavy atom. The third kappa shape index (κ3) is 4.98. The fourth-order valence-corrected chi connectivity index (χ4v) is 2.90. The van der Waals surface area contributed by atoms with Crippen LogP contribution in [0.25, 0.3) is 0 Å². The van der Waals surface area contributed by atoms with E-state index in [-0.39, 0.29) is 5.97 Å². The molecule has 0 unspecified atom stereocenters. The van der Waals surface area contributed by atoms with Gasteiger partial charge in [-0.1, -0.05) is 31.0 Å². The minimum absolute atomic E-state index is 0.115. The van der Waals surface area contributed by atoms with E-state index in [4.69, 9.17) is 0 Å². The lowest BCUT2D eigenvalue weighted by Gasteiger charge is -2.22. The van der Waals surface area contributed by atoms with Crippen LogP contribution in [0.3, 0.4) is 0 Å². The lowest BCUT2D eigenvalue weighted by atomic mass is 10.1. The third-order valence-corrected chi connectivity index (χ3v) is 4.17. The van der Waals surface area contributed by atoms with Gasteiger partial charge in [-0.15, -0.1) is 0 Å². The Kier molecular flexibility index (Phi) is 6.91. The summed E-state index contributed by atoms with van der Waals surface area (Å²) in [5.74, 6) is 0.834. The van der Waals surface area contributed by atoms with Crippen LogP contribution < -0.4 is 10.2 Å². The number of fused-ring (bicyclic) bond motifs is 1. The van der Waals surface area contributed by atoms with Crippen molar-refractivity contribution in [1.82, 2.24) is 5.32 Å². The van der Waals surface area contributed by atoms with Crippen LogP contribution in [-0.2, 0) is 16.0 Å². The number of ether oxygens (including phenoxy) is 1. The Balaban J connectivity index is 1.68. The van der Waals surface area contributed by atoms with Crippen molar-refractivity contribution in [2.45, 2.75) is 38.5 Å². The van der Waals surface area contributed by atoms with Gasteiger partial charge >= 0.3 is 5.97 Å². The van der Waals surface area contributed by atoms with Crippen molar-refractivity contribution in [3.05, 3.63) is 29.8 Å². The molecule has 1 N–H and O–H groups in total. The maximum atomic E-state index is 11.0. The topological polar surface area (TPSA) is 53.9 Å². The molecule has 0 radical (unpaired) electrons. The van der Waals surface area contributed by atoms with Crippen LogP contribution in [0.4, 0.5) is 5.69 Å². The van der Waals surface area contributed by atoms with E-state index in [2.05, 4.69) is 44.2 Å². The second-order valence-corrected chi connectivity index (χ2v) is 5.74. The number of benzene rings is 1. The highest BCUT2D eigenvalue weighted by molar-refractivity contribution is 5.97. The number of unbranched alkanes of at least 4 members (excludes halogenated alkanes) is 3. The molecule has 0 atom stereocenters. The van der Waals surface area contributed by atoms with E-state index in [9.17, 15) is 4.79 Å². The Morgan fingerprint density at radius 2 is 2.04 bits per heavy atom. The second kappa shape index (κ2) is 9.18. The van der Waals surface area contributed by atoms with Crippen LogP contribution in [0, 0.1) is 0 Å². The molecule has 126 valence electrons. The van der Waals surface area contributed by atoms with Crippen molar-refractivity contribution < 1.29 is 9.53 Å². The van der Waals surface area contributed by atoms with E-state index in [0.717, 1.165) is 51.2 Å². The molecular weight excluding hydrogens is 290 g/mol. The zero-order valence-electron chi connectivity index (χ0n) is 14.2. The van der Waals surface area contributed by atoms with Crippen LogP contribution in [0.15, 0.2) is 29.3 Å². The Bertz CT molecular complexity index is 543. The van der Waals surface area contributed by atoms with Gasteiger partial charge in [0.2, 0.25) is 0 Å². The molecule has 5 heteroatoms. The number of hydrogen-bond acceptors (Lipinski definition) is 3. The quantitative estimate of drug-likeness (QED) is 0.364. The van der Waals surface area contributed by atoms with E-state index < -0.39 is 0 Å². The number of nitrogens with one attached hydrogen (secondary N) is 1. The van der Waals surface area contributed by atoms with E-state index in [1.165, 1.54) is 18.4 Å². The van der Waals surface area contributed by atoms with Crippen molar-refractivity contribution in [3.8, 4) is 0 Å². The van der Waals surface area contributed by atoms with Gasteiger partial charge in [0, 0.05) is 32.2 Å². The zero-order valence-corrected chi connectivity index (χ0v) is 14.2. The first-order valence-corrected chi connectivity index (χ1v) is 8.39. The number of nitrogens with zero attached hydrogens (tertiary/aromatic N) is 2. The maximum absolute atomic E-state index is 11.0. The average molecular weight is 317 g/mol. The van der Waals surface area contributed by atoms with Gasteiger partial charge in [-0.05, 0) is 30.9 Å². The van der Waals surface area contributed by atoms with Gasteiger partial charge in [-0.25, -0.2) is 0 Å². The number of para-hydroxylation sites is 1. The van der Waals surface area contributed by atoms with Crippen LogP contribution in [0.2, 0.25) is 0 Å². The van der Waals surface area contributed by atoms with Gasteiger partial charge in [0.15, 0.2) is 5.96 Å². The number of rotatable bonds is 7. The van der Waals surface area contributed by atoms with Crippen molar-refractivity contribution in [2.24, 2.45) is 4.99 Å². The molecule has 0 spiro atoms. The molecule has 1 heterocycles. The molecule has 0 saturated carbocycles. The Hall–Kier alpha value is -2.04. The summed E-state index contributed by atoms with van der Waals surface area (Å²) in [6.07, 6.45) is 5.75. The Labute approximate surface area is 138 Å². The molecule has 0 fully saturated rings. The van der Waals surface area contributed by atoms with E-state index in [1.54, 1.807) is 0 Å². The van der Waals surface area contributed by atoms with Gasteiger partial charge in [0.1, 0.15) is 0 Å². The SMILES string of the molecule is CN=C(NCCCCCCC(=O)OC)N1CCc2ccccc21. The predicted octanol–water partition coefficient (Wildman–Crippen LogP) is 2.75. The largest absolute Gasteiger partial charge is 0.469 e. The number of hydrogen-bond donors (Lipinski definition) is 1. The molecule has 0 aromatic heterocycles. The molecule has 1 aliphatic heterocycles. The normalized spacial score (nSPS) is 13.8. The fraction of sp³-hybridized carbons (Fsp3) is 0.556. The Morgan fingerprint density at radius 1 is 1.26 bits per heavy atom. The molecule has 5 nitrogen and oxygen atoms in total. The molecule has 1 aliphatic rings. The smallest absolute Gasteiger partial charge is 0.305 e. The van der Waals surface area contributed by atoms with Crippen molar-refractivity contribution >= 4 is 17.6 Å². The summed E-state index contributed by atoms with van der Waals surface area (Å²) >= 11 is 0. The van der Waals surface area contributed by atoms with Crippen LogP contribution >= 0.6 is 0 Å². The number of aliphatic imine (C=N–C) groups is 1. The maximum Gasteiger partial charge on any atom is 0.305 e. The first kappa shape index (κ1) is 17.3. The summed E-state index contributed by atoms with van der Waals surface area (Å²) < 4.78 is 4.64. The van der Waals surface area contributed by atoms with Gasteiger partial charge in [-0.3, -0.25) is 9.79 Å². The van der Waals surface area contributed by atoms with Crippen LogP contribution in [0.5, 0.6) is 0 Å². The van der Waals surface area contributed by atoms with Gasteiger partial charge < -0.3 is 15.0 Å². The summed E-state index contributed by atoms with van der Waals surface area (Å²) in [4.78, 5) is 17.7. The summed E-state index contributed by atoms with van der Waals surface area (Å²) in [5.41, 5.74) is 2.65. The van der Waals surface area contributed by atoms with Crippen molar-refractivity contribution in [1.29, 1.82) is 0 Å². The number of methoxy groups -OCH3 is 1. The highest BCUT2D eigenvalue weighted by Gasteiger charge is 2.21. The molecule has 23 heavy (non-hydrogen) atoms. The van der Waals surface area contributed by atoms with Gasteiger partial charge in [0.05, 0.1) is 7.11 Å². The number of anilines is 1. The van der Waals surface area contributed by atoms with Crippen LogP contribution in [0.1, 0.15) is 37.7 Å². The van der Waals surface area contributed by atoms with Crippen molar-refractivity contribution in [3.63, 3.8) is 0 Å². The number of carbonyl (C=O) groups excluding carboxylic acids is 1.